The summed E-state index contributed by atoms with van der Waals surface area (Å²) in [6.45, 7) is 9.09. The summed E-state index contributed by atoms with van der Waals surface area (Å²) in [6, 6.07) is 6.64. The van der Waals surface area contributed by atoms with E-state index in [9.17, 15) is 9.59 Å². The molecule has 10 heteroatoms. The highest BCUT2D eigenvalue weighted by molar-refractivity contribution is 6.06. The third-order valence-corrected chi connectivity index (χ3v) is 8.63. The molecule has 10 nitrogen and oxygen atoms in total. The Morgan fingerprint density at radius 1 is 1.10 bits per heavy atom. The number of dihydropyridines is 1. The number of nitrogens with one attached hydrogen (secondary N) is 1. The van der Waals surface area contributed by atoms with Crippen molar-refractivity contribution in [1.29, 1.82) is 0 Å². The van der Waals surface area contributed by atoms with Crippen LogP contribution in [-0.2, 0) is 16.1 Å². The molecule has 2 aromatic rings. The molecule has 41 heavy (non-hydrogen) atoms. The van der Waals surface area contributed by atoms with E-state index in [2.05, 4.69) is 44.5 Å². The molecule has 220 valence electrons. The molecular weight excluding hydrogens is 518 g/mol. The van der Waals surface area contributed by atoms with Crippen LogP contribution in [-0.4, -0.2) is 90.7 Å². The molecule has 2 fully saturated rings. The van der Waals surface area contributed by atoms with E-state index >= 15 is 0 Å². The van der Waals surface area contributed by atoms with Gasteiger partial charge in [0.1, 0.15) is 0 Å². The number of rotatable bonds is 9. The number of anilines is 1. The molecule has 1 aliphatic carbocycles. The van der Waals surface area contributed by atoms with Crippen LogP contribution in [0.15, 0.2) is 47.2 Å². The quantitative estimate of drug-likeness (QED) is 0.483. The van der Waals surface area contributed by atoms with Gasteiger partial charge in [0.2, 0.25) is 0 Å². The van der Waals surface area contributed by atoms with Crippen molar-refractivity contribution in [3.63, 3.8) is 0 Å². The molecule has 1 atom stereocenters. The number of carbonyl (C=O) groups excluding carboxylic acids is 2. The van der Waals surface area contributed by atoms with Gasteiger partial charge < -0.3 is 20.7 Å². The Hall–Kier alpha value is -3.34. The van der Waals surface area contributed by atoms with Crippen molar-refractivity contribution in [1.82, 2.24) is 20.0 Å². The van der Waals surface area contributed by atoms with Crippen molar-refractivity contribution >= 4 is 23.2 Å². The van der Waals surface area contributed by atoms with E-state index in [1.54, 1.807) is 0 Å². The molecule has 2 aliphatic heterocycles. The largest absolute Gasteiger partial charge is 0.379 e. The topological polar surface area (TPSA) is 118 Å². The smallest absolute Gasteiger partial charge is 0.254 e. The Bertz CT molecular complexity index is 1300. The van der Waals surface area contributed by atoms with Gasteiger partial charge in [-0.1, -0.05) is 5.57 Å². The lowest BCUT2D eigenvalue weighted by Gasteiger charge is -2.35. The lowest BCUT2D eigenvalue weighted by Crippen LogP contribution is -2.39. The number of amides is 2. The van der Waals surface area contributed by atoms with Gasteiger partial charge in [0, 0.05) is 74.0 Å². The van der Waals surface area contributed by atoms with E-state index in [-0.39, 0.29) is 24.4 Å². The van der Waals surface area contributed by atoms with Gasteiger partial charge in [0.25, 0.3) is 11.8 Å². The third kappa shape index (κ3) is 7.30. The fourth-order valence-electron chi connectivity index (χ4n) is 5.97. The minimum atomic E-state index is -0.441. The van der Waals surface area contributed by atoms with E-state index < -0.39 is 5.92 Å². The monoisotopic (exact) mass is 561 g/mol. The molecule has 3 N–H and O–H groups in total. The lowest BCUT2D eigenvalue weighted by atomic mass is 9.90. The van der Waals surface area contributed by atoms with Gasteiger partial charge in [0.15, 0.2) is 0 Å². The average molecular weight is 562 g/mol. The van der Waals surface area contributed by atoms with Gasteiger partial charge in [-0.05, 0) is 69.4 Å². The van der Waals surface area contributed by atoms with Crippen LogP contribution in [0.4, 0.5) is 5.69 Å². The molecule has 3 aliphatic rings. The summed E-state index contributed by atoms with van der Waals surface area (Å²) in [5, 5.41) is 7.61. The first-order valence-electron chi connectivity index (χ1n) is 14.8. The summed E-state index contributed by atoms with van der Waals surface area (Å²) in [4.78, 5) is 34.7. The number of morpholine rings is 1. The van der Waals surface area contributed by atoms with Crippen LogP contribution in [0.1, 0.15) is 49.9 Å². The number of carbonyl (C=O) groups is 2. The summed E-state index contributed by atoms with van der Waals surface area (Å²) in [5.41, 5.74) is 11.2. The second-order valence-corrected chi connectivity index (χ2v) is 11.6. The van der Waals surface area contributed by atoms with Crippen LogP contribution in [0.3, 0.4) is 0 Å². The number of hydrogen-bond donors (Lipinski definition) is 2. The molecule has 1 saturated carbocycles. The van der Waals surface area contributed by atoms with Gasteiger partial charge >= 0.3 is 0 Å². The van der Waals surface area contributed by atoms with Gasteiger partial charge in [-0.15, -0.1) is 0 Å². The first kappa shape index (κ1) is 29.2. The zero-order valence-corrected chi connectivity index (χ0v) is 24.5. The highest BCUT2D eigenvalue weighted by Crippen LogP contribution is 2.31. The average Bonchev–Trinajstić information content (AvgIpc) is 3.45. The number of hydrogen-bond acceptors (Lipinski definition) is 7. The summed E-state index contributed by atoms with van der Waals surface area (Å²) in [7, 11) is 2.10. The maximum Gasteiger partial charge on any atom is 0.254 e. The Balaban J connectivity index is 1.35. The lowest BCUT2D eigenvalue weighted by molar-refractivity contribution is -0.120. The molecule has 1 aromatic heterocycles. The highest BCUT2D eigenvalue weighted by atomic mass is 16.5. The summed E-state index contributed by atoms with van der Waals surface area (Å²) >= 11 is 0. The Morgan fingerprint density at radius 2 is 1.85 bits per heavy atom. The molecule has 5 rings (SSSR count). The molecule has 1 saturated heterocycles. The normalized spacial score (nSPS) is 23.6. The molecule has 1 aromatic carbocycles. The Morgan fingerprint density at radius 3 is 2.59 bits per heavy atom. The van der Waals surface area contributed by atoms with Crippen LogP contribution in [0, 0.1) is 5.92 Å². The van der Waals surface area contributed by atoms with Gasteiger partial charge in [-0.25, -0.2) is 4.99 Å². The molecule has 3 heterocycles. The zero-order chi connectivity index (χ0) is 28.9. The summed E-state index contributed by atoms with van der Waals surface area (Å²) in [5.74, 6) is -0.861. The van der Waals surface area contributed by atoms with Crippen LogP contribution in [0.2, 0.25) is 0 Å². The Kier molecular flexibility index (Phi) is 9.32. The van der Waals surface area contributed by atoms with E-state index in [4.69, 9.17) is 10.5 Å². The van der Waals surface area contributed by atoms with Crippen molar-refractivity contribution < 1.29 is 14.3 Å². The molecule has 0 spiro atoms. The fourth-order valence-corrected chi connectivity index (χ4v) is 5.97. The summed E-state index contributed by atoms with van der Waals surface area (Å²) in [6.07, 6.45) is 9.88. The van der Waals surface area contributed by atoms with Crippen molar-refractivity contribution in [3.8, 4) is 11.1 Å². The van der Waals surface area contributed by atoms with Gasteiger partial charge in [-0.2, -0.15) is 5.10 Å². The minimum absolute atomic E-state index is 0.209. The maximum atomic E-state index is 13.5. The first-order chi connectivity index (χ1) is 19.8. The first-order valence-corrected chi connectivity index (χ1v) is 14.8. The molecule has 0 radical (unpaired) electrons. The zero-order valence-electron chi connectivity index (χ0n) is 24.5. The van der Waals surface area contributed by atoms with Crippen molar-refractivity contribution in [3.05, 3.63) is 47.8 Å². The van der Waals surface area contributed by atoms with Crippen molar-refractivity contribution in [2.45, 2.75) is 58.2 Å². The molecule has 2 amide bonds. The predicted molar refractivity (Wildman–Crippen MR) is 161 cm³/mol. The second-order valence-electron chi connectivity index (χ2n) is 11.6. The number of nitrogens with two attached hydrogens (primary N) is 1. The Labute approximate surface area is 242 Å². The third-order valence-electron chi connectivity index (χ3n) is 8.63. The minimum Gasteiger partial charge on any atom is -0.379 e. The highest BCUT2D eigenvalue weighted by Gasteiger charge is 2.26. The van der Waals surface area contributed by atoms with Crippen molar-refractivity contribution in [2.75, 3.05) is 51.3 Å². The van der Waals surface area contributed by atoms with Gasteiger partial charge in [-0.3, -0.25) is 19.2 Å². The molecular formula is C31H43N7O3. The van der Waals surface area contributed by atoms with Crippen LogP contribution in [0.5, 0.6) is 0 Å². The predicted octanol–water partition coefficient (Wildman–Crippen LogP) is 2.88. The van der Waals surface area contributed by atoms with Crippen LogP contribution in [0.25, 0.3) is 11.1 Å². The number of allylic oxidation sites excluding steroid dienone is 1. The van der Waals surface area contributed by atoms with Crippen LogP contribution >= 0.6 is 0 Å². The fraction of sp³-hybridized carbons (Fsp3) is 0.548. The second kappa shape index (κ2) is 13.1. The van der Waals surface area contributed by atoms with Crippen molar-refractivity contribution in [2.24, 2.45) is 16.6 Å². The summed E-state index contributed by atoms with van der Waals surface area (Å²) < 4.78 is 7.43. The number of aliphatic imine (C=N–C) groups is 1. The number of benzene rings is 1. The van der Waals surface area contributed by atoms with E-state index in [1.165, 1.54) is 0 Å². The number of ether oxygens (including phenoxy) is 1. The number of aromatic nitrogens is 2. The molecule has 1 unspecified atom stereocenters. The van der Waals surface area contributed by atoms with E-state index in [0.29, 0.717) is 17.3 Å². The van der Waals surface area contributed by atoms with E-state index in [0.717, 1.165) is 87.5 Å². The number of nitrogens with zero attached hydrogens (tertiary/aromatic N) is 5. The van der Waals surface area contributed by atoms with Crippen LogP contribution < -0.4 is 16.0 Å². The standard InChI is InChI=1S/C31H43N7O3/c1-21-14-22(2)35-31(40)29(21)19-33-30(39)24-15-23(16-28(17-24)36(3)27-6-4-26(32)5-7-27)25-18-34-38(20-25)9-8-37-10-12-41-13-11-37/h14-18,20,26-27,29H,4-13,19,32H2,1-3H3,(H,33,39). The van der Waals surface area contributed by atoms with E-state index in [1.807, 2.05) is 42.9 Å². The maximum absolute atomic E-state index is 13.5. The SMILES string of the molecule is CC1=CC(C)=NC(=O)C1CNC(=O)c1cc(-c2cnn(CCN3CCOCC3)c2)cc(N(C)C2CCC(N)CC2)c1. The van der Waals surface area contributed by atoms with Gasteiger partial charge in [0.05, 0.1) is 31.9 Å². The molecule has 0 bridgehead atoms.